The molecule has 0 bridgehead atoms. The van der Waals surface area contributed by atoms with Gasteiger partial charge in [-0.3, -0.25) is 0 Å². The Labute approximate surface area is 104 Å². The van der Waals surface area contributed by atoms with Gasteiger partial charge >= 0.3 is 0 Å². The van der Waals surface area contributed by atoms with Crippen LogP contribution in [0.2, 0.25) is 0 Å². The van der Waals surface area contributed by atoms with Crippen LogP contribution in [0.1, 0.15) is 6.92 Å². The monoisotopic (exact) mass is 267 g/mol. The minimum atomic E-state index is -3.32. The first-order valence-corrected chi connectivity index (χ1v) is 6.93. The molecule has 88 valence electrons. The van der Waals surface area contributed by atoms with Crippen LogP contribution in [0.3, 0.4) is 0 Å². The lowest BCUT2D eigenvalue weighted by molar-refractivity contribution is 0.590. The van der Waals surface area contributed by atoms with E-state index in [9.17, 15) is 8.42 Å². The fourth-order valence-corrected chi connectivity index (χ4v) is 2.26. The highest BCUT2D eigenvalue weighted by molar-refractivity contribution is 7.91. The SMILES string of the molecule is CCS(=O)(=O)c1nc2ccc(N=C=S)cc2[nH]1. The number of hydrogen-bond acceptors (Lipinski definition) is 5. The molecular formula is C10H9N3O2S2. The summed E-state index contributed by atoms with van der Waals surface area (Å²) in [6, 6.07) is 5.06. The van der Waals surface area contributed by atoms with Gasteiger partial charge in [-0.1, -0.05) is 6.92 Å². The molecular weight excluding hydrogens is 258 g/mol. The van der Waals surface area contributed by atoms with Crippen molar-refractivity contribution in [2.75, 3.05) is 5.75 Å². The summed E-state index contributed by atoms with van der Waals surface area (Å²) in [6.45, 7) is 1.57. The average molecular weight is 267 g/mol. The number of hydrogen-bond donors (Lipinski definition) is 1. The summed E-state index contributed by atoms with van der Waals surface area (Å²) >= 11 is 4.50. The Hall–Kier alpha value is -1.56. The third kappa shape index (κ3) is 2.26. The fraction of sp³-hybridized carbons (Fsp3) is 0.200. The topological polar surface area (TPSA) is 75.2 Å². The molecule has 7 heteroatoms. The van der Waals surface area contributed by atoms with Crippen LogP contribution in [0.25, 0.3) is 11.0 Å². The van der Waals surface area contributed by atoms with Crippen LogP contribution in [0, 0.1) is 0 Å². The predicted molar refractivity (Wildman–Crippen MR) is 68.5 cm³/mol. The van der Waals surface area contributed by atoms with Crippen LogP contribution in [0.15, 0.2) is 28.3 Å². The highest BCUT2D eigenvalue weighted by atomic mass is 32.2. The van der Waals surface area contributed by atoms with E-state index in [1.807, 2.05) is 0 Å². The van der Waals surface area contributed by atoms with Gasteiger partial charge in [0.1, 0.15) is 0 Å². The zero-order valence-corrected chi connectivity index (χ0v) is 10.6. The summed E-state index contributed by atoms with van der Waals surface area (Å²) in [5, 5.41) is 2.24. The van der Waals surface area contributed by atoms with E-state index in [4.69, 9.17) is 0 Å². The number of nitrogens with zero attached hydrogens (tertiary/aromatic N) is 2. The van der Waals surface area contributed by atoms with Crippen molar-refractivity contribution in [3.63, 3.8) is 0 Å². The molecule has 0 atom stereocenters. The standard InChI is InChI=1S/C10H9N3O2S2/c1-2-17(14,15)10-12-8-4-3-7(11-6-16)5-9(8)13-10/h3-5H,2H2,1H3,(H,12,13). The zero-order valence-electron chi connectivity index (χ0n) is 8.97. The van der Waals surface area contributed by atoms with E-state index in [1.165, 1.54) is 0 Å². The van der Waals surface area contributed by atoms with Crippen molar-refractivity contribution in [2.24, 2.45) is 4.99 Å². The number of nitrogens with one attached hydrogen (secondary N) is 1. The number of benzene rings is 1. The second-order valence-electron chi connectivity index (χ2n) is 3.35. The predicted octanol–water partition coefficient (Wildman–Crippen LogP) is 2.09. The number of thiocarbonyl (C=S) groups is 1. The van der Waals surface area contributed by atoms with Gasteiger partial charge in [-0.2, -0.15) is 4.99 Å². The van der Waals surface area contributed by atoms with Gasteiger partial charge in [0, 0.05) is 0 Å². The van der Waals surface area contributed by atoms with Gasteiger partial charge in [0.25, 0.3) is 0 Å². The smallest absolute Gasteiger partial charge is 0.226 e. The molecule has 0 radical (unpaired) electrons. The van der Waals surface area contributed by atoms with Gasteiger partial charge in [-0.25, -0.2) is 13.4 Å². The molecule has 2 aromatic rings. The molecule has 0 saturated carbocycles. The summed E-state index contributed by atoms with van der Waals surface area (Å²) < 4.78 is 23.3. The molecule has 1 aromatic carbocycles. The van der Waals surface area contributed by atoms with E-state index in [0.717, 1.165) is 0 Å². The number of aromatic nitrogens is 2. The van der Waals surface area contributed by atoms with Crippen LogP contribution in [-0.2, 0) is 9.84 Å². The molecule has 0 fully saturated rings. The number of aromatic amines is 1. The normalized spacial score (nSPS) is 11.4. The van der Waals surface area contributed by atoms with Crippen molar-refractivity contribution in [1.29, 1.82) is 0 Å². The Bertz CT molecular complexity index is 712. The lowest BCUT2D eigenvalue weighted by atomic mass is 10.3. The lowest BCUT2D eigenvalue weighted by Gasteiger charge is -1.92. The van der Waals surface area contributed by atoms with E-state index >= 15 is 0 Å². The maximum absolute atomic E-state index is 11.6. The van der Waals surface area contributed by atoms with E-state index < -0.39 is 9.84 Å². The largest absolute Gasteiger partial charge is 0.329 e. The molecule has 17 heavy (non-hydrogen) atoms. The zero-order chi connectivity index (χ0) is 12.5. The van der Waals surface area contributed by atoms with Gasteiger partial charge in [-0.05, 0) is 30.4 Å². The van der Waals surface area contributed by atoms with Crippen molar-refractivity contribution in [3.05, 3.63) is 18.2 Å². The summed E-state index contributed by atoms with van der Waals surface area (Å²) in [5.41, 5.74) is 1.81. The molecule has 0 spiro atoms. The van der Waals surface area contributed by atoms with Crippen LogP contribution < -0.4 is 0 Å². The molecule has 2 rings (SSSR count). The molecule has 1 aromatic heterocycles. The molecule has 0 saturated heterocycles. The number of aliphatic imine (C=N–C) groups is 1. The Kier molecular flexibility index (Phi) is 3.06. The second-order valence-corrected chi connectivity index (χ2v) is 5.73. The van der Waals surface area contributed by atoms with Crippen molar-refractivity contribution in [3.8, 4) is 0 Å². The first-order valence-electron chi connectivity index (χ1n) is 4.87. The van der Waals surface area contributed by atoms with Gasteiger partial charge in [0.05, 0.1) is 27.6 Å². The fourth-order valence-electron chi connectivity index (χ4n) is 1.38. The van der Waals surface area contributed by atoms with Crippen molar-refractivity contribution in [2.45, 2.75) is 12.1 Å². The highest BCUT2D eigenvalue weighted by Crippen LogP contribution is 2.20. The summed E-state index contributed by atoms with van der Waals surface area (Å²) in [5.74, 6) is 0.0117. The van der Waals surface area contributed by atoms with E-state index in [0.29, 0.717) is 16.7 Å². The molecule has 0 aliphatic carbocycles. The maximum atomic E-state index is 11.6. The summed E-state index contributed by atoms with van der Waals surface area (Å²) in [7, 11) is -3.32. The number of sulfone groups is 1. The number of fused-ring (bicyclic) bond motifs is 1. The molecule has 1 N–H and O–H groups in total. The van der Waals surface area contributed by atoms with Gasteiger partial charge in [-0.15, -0.1) is 0 Å². The molecule has 0 aliphatic rings. The van der Waals surface area contributed by atoms with Gasteiger partial charge in [0.2, 0.25) is 15.0 Å². The highest BCUT2D eigenvalue weighted by Gasteiger charge is 2.16. The molecule has 1 heterocycles. The van der Waals surface area contributed by atoms with Crippen LogP contribution in [-0.4, -0.2) is 29.3 Å². The first kappa shape index (κ1) is 11.9. The Morgan fingerprint density at radius 3 is 2.94 bits per heavy atom. The molecule has 0 unspecified atom stereocenters. The Morgan fingerprint density at radius 2 is 2.29 bits per heavy atom. The minimum absolute atomic E-state index is 0.0117. The van der Waals surface area contributed by atoms with Crippen LogP contribution in [0.4, 0.5) is 5.69 Å². The van der Waals surface area contributed by atoms with E-state index in [2.05, 4.69) is 32.3 Å². The molecule has 5 nitrogen and oxygen atoms in total. The number of rotatable bonds is 3. The molecule has 0 aliphatic heterocycles. The number of isothiocyanates is 1. The quantitative estimate of drug-likeness (QED) is 0.682. The van der Waals surface area contributed by atoms with Crippen LogP contribution in [0.5, 0.6) is 0 Å². The third-order valence-corrected chi connectivity index (χ3v) is 3.93. The minimum Gasteiger partial charge on any atom is -0.329 e. The van der Waals surface area contributed by atoms with Gasteiger partial charge < -0.3 is 4.98 Å². The maximum Gasteiger partial charge on any atom is 0.226 e. The van der Waals surface area contributed by atoms with E-state index in [1.54, 1.807) is 25.1 Å². The first-order chi connectivity index (χ1) is 8.06. The van der Waals surface area contributed by atoms with Crippen LogP contribution >= 0.6 is 12.2 Å². The van der Waals surface area contributed by atoms with Crippen molar-refractivity contribution >= 4 is 43.9 Å². The van der Waals surface area contributed by atoms with Crippen molar-refractivity contribution < 1.29 is 8.42 Å². The van der Waals surface area contributed by atoms with Gasteiger partial charge in [0.15, 0.2) is 0 Å². The Morgan fingerprint density at radius 1 is 1.53 bits per heavy atom. The van der Waals surface area contributed by atoms with E-state index in [-0.39, 0.29) is 10.9 Å². The van der Waals surface area contributed by atoms with Crippen molar-refractivity contribution in [1.82, 2.24) is 9.97 Å². The summed E-state index contributed by atoms with van der Waals surface area (Å²) in [4.78, 5) is 10.6. The average Bonchev–Trinajstić information content (AvgIpc) is 2.73. The Balaban J connectivity index is 2.62. The second kappa shape index (κ2) is 4.37. The summed E-state index contributed by atoms with van der Waals surface area (Å²) in [6.07, 6.45) is 0. The number of imidazole rings is 1. The number of H-pyrrole nitrogens is 1. The third-order valence-electron chi connectivity index (χ3n) is 2.29. The molecule has 0 amide bonds. The lowest BCUT2D eigenvalue weighted by Crippen LogP contribution is -2.05.